The molecular weight excluding hydrogens is 427 g/mol. The summed E-state index contributed by atoms with van der Waals surface area (Å²) in [6.45, 7) is 14.1. The molecule has 0 atom stereocenters. The Labute approximate surface area is 200 Å². The lowest BCUT2D eigenvalue weighted by Crippen LogP contribution is -2.32. The van der Waals surface area contributed by atoms with Gasteiger partial charge in [-0.3, -0.25) is 0 Å². The monoisotopic (exact) mass is 464 g/mol. The van der Waals surface area contributed by atoms with Crippen LogP contribution >= 0.6 is 7.92 Å². The molecule has 0 amide bonds. The van der Waals surface area contributed by atoms with E-state index in [0.29, 0.717) is 0 Å². The minimum atomic E-state index is -0.535. The maximum Gasteiger partial charge on any atom is 0.142 e. The molecule has 33 heavy (non-hydrogen) atoms. The third kappa shape index (κ3) is 5.04. The van der Waals surface area contributed by atoms with Gasteiger partial charge in [-0.05, 0) is 26.7 Å². The zero-order valence-electron chi connectivity index (χ0n) is 21.4. The van der Waals surface area contributed by atoms with Gasteiger partial charge < -0.3 is 14.2 Å². The Kier molecular flexibility index (Phi) is 7.44. The molecule has 0 fully saturated rings. The van der Waals surface area contributed by atoms with Gasteiger partial charge in [0, 0.05) is 6.07 Å². The van der Waals surface area contributed by atoms with E-state index in [1.54, 1.807) is 21.3 Å². The van der Waals surface area contributed by atoms with Crippen LogP contribution in [0.1, 0.15) is 41.5 Å². The van der Waals surface area contributed by atoms with Gasteiger partial charge in [-0.1, -0.05) is 104 Å². The first-order valence-electron chi connectivity index (χ1n) is 11.3. The van der Waals surface area contributed by atoms with Crippen LogP contribution in [-0.2, 0) is 0 Å². The third-order valence-corrected chi connectivity index (χ3v) is 9.23. The highest BCUT2D eigenvalue weighted by Crippen LogP contribution is 2.60. The van der Waals surface area contributed by atoms with Crippen molar-refractivity contribution in [2.75, 3.05) is 21.3 Å². The molecule has 3 aromatic rings. The average molecular weight is 465 g/mol. The first-order chi connectivity index (χ1) is 15.5. The molecule has 0 aliphatic rings. The van der Waals surface area contributed by atoms with Gasteiger partial charge >= 0.3 is 0 Å². The molecule has 0 aliphatic carbocycles. The Bertz CT molecular complexity index is 1080. The summed E-state index contributed by atoms with van der Waals surface area (Å²) in [4.78, 5) is 0. The molecule has 0 radical (unpaired) electrons. The van der Waals surface area contributed by atoms with Crippen molar-refractivity contribution >= 4 is 13.2 Å². The normalized spacial score (nSPS) is 12.1. The Morgan fingerprint density at radius 3 is 1.64 bits per heavy atom. The van der Waals surface area contributed by atoms with Gasteiger partial charge in [0.1, 0.15) is 17.2 Å². The van der Waals surface area contributed by atoms with Crippen molar-refractivity contribution in [3.05, 3.63) is 60.7 Å². The Hall–Kier alpha value is -2.51. The average Bonchev–Trinajstić information content (AvgIpc) is 2.76. The van der Waals surface area contributed by atoms with Gasteiger partial charge in [0.2, 0.25) is 0 Å². The van der Waals surface area contributed by atoms with Crippen LogP contribution in [0.4, 0.5) is 0 Å². The van der Waals surface area contributed by atoms with E-state index in [2.05, 4.69) is 77.9 Å². The highest BCUT2D eigenvalue weighted by molar-refractivity contribution is 7.68. The predicted octanol–water partition coefficient (Wildman–Crippen LogP) is 7.75. The number of ether oxygens (including phenoxy) is 3. The molecule has 0 unspecified atom stereocenters. The summed E-state index contributed by atoms with van der Waals surface area (Å²) in [5, 5.41) is 1.60. The summed E-state index contributed by atoms with van der Waals surface area (Å²) in [5.74, 6) is 2.24. The smallest absolute Gasteiger partial charge is 0.142 e. The van der Waals surface area contributed by atoms with Crippen molar-refractivity contribution in [1.29, 1.82) is 0 Å². The molecule has 0 saturated carbocycles. The van der Waals surface area contributed by atoms with Crippen LogP contribution in [-0.4, -0.2) is 31.6 Å². The summed E-state index contributed by atoms with van der Waals surface area (Å²) < 4.78 is 17.9. The SMILES string of the molecule is COc1cc(OC)c(-c2ccccc2P(C(C)(C)C)C(C)(C)C)c(OC)c1-c1ccccc1. The maximum atomic E-state index is 6.12. The van der Waals surface area contributed by atoms with E-state index in [1.165, 1.54) is 5.30 Å². The molecule has 3 rings (SSSR count). The fourth-order valence-electron chi connectivity index (χ4n) is 4.88. The molecule has 176 valence electrons. The quantitative estimate of drug-likeness (QED) is 0.349. The topological polar surface area (TPSA) is 27.7 Å². The fraction of sp³-hybridized carbons (Fsp3) is 0.379. The summed E-state index contributed by atoms with van der Waals surface area (Å²) in [5.41, 5.74) is 4.10. The molecule has 0 aliphatic heterocycles. The van der Waals surface area contributed by atoms with E-state index in [4.69, 9.17) is 14.2 Å². The number of hydrogen-bond acceptors (Lipinski definition) is 3. The van der Waals surface area contributed by atoms with Gasteiger partial charge in [0.15, 0.2) is 0 Å². The molecule has 3 aromatic carbocycles. The number of benzene rings is 3. The highest BCUT2D eigenvalue weighted by Gasteiger charge is 2.38. The number of methoxy groups -OCH3 is 3. The minimum Gasteiger partial charge on any atom is -0.496 e. The summed E-state index contributed by atoms with van der Waals surface area (Å²) in [6.07, 6.45) is 0. The number of rotatable bonds is 6. The first-order valence-corrected chi connectivity index (χ1v) is 12.7. The van der Waals surface area contributed by atoms with E-state index in [9.17, 15) is 0 Å². The van der Waals surface area contributed by atoms with E-state index in [1.807, 2.05) is 24.3 Å². The fourth-order valence-corrected chi connectivity index (χ4v) is 9.00. The molecule has 0 heterocycles. The first kappa shape index (κ1) is 25.1. The lowest BCUT2D eigenvalue weighted by Gasteiger charge is -2.42. The Morgan fingerprint density at radius 1 is 0.606 bits per heavy atom. The van der Waals surface area contributed by atoms with Crippen molar-refractivity contribution in [1.82, 2.24) is 0 Å². The van der Waals surface area contributed by atoms with Crippen LogP contribution < -0.4 is 19.5 Å². The van der Waals surface area contributed by atoms with Crippen molar-refractivity contribution < 1.29 is 14.2 Å². The zero-order valence-corrected chi connectivity index (χ0v) is 22.3. The molecule has 3 nitrogen and oxygen atoms in total. The molecule has 0 N–H and O–H groups in total. The van der Waals surface area contributed by atoms with Gasteiger partial charge in [-0.2, -0.15) is 0 Å². The Morgan fingerprint density at radius 2 is 1.12 bits per heavy atom. The second kappa shape index (κ2) is 9.77. The minimum absolute atomic E-state index is 0.124. The second-order valence-corrected chi connectivity index (χ2v) is 14.0. The lowest BCUT2D eigenvalue weighted by atomic mass is 9.95. The summed E-state index contributed by atoms with van der Waals surface area (Å²) in [6, 6.07) is 21.0. The molecular formula is C29H37O3P. The Balaban J connectivity index is 2.44. The summed E-state index contributed by atoms with van der Waals surface area (Å²) in [7, 11) is 4.59. The van der Waals surface area contributed by atoms with Gasteiger partial charge in [0.05, 0.1) is 32.5 Å². The summed E-state index contributed by atoms with van der Waals surface area (Å²) >= 11 is 0. The van der Waals surface area contributed by atoms with Crippen molar-refractivity contribution in [3.63, 3.8) is 0 Å². The highest BCUT2D eigenvalue weighted by atomic mass is 31.1. The van der Waals surface area contributed by atoms with E-state index >= 15 is 0 Å². The largest absolute Gasteiger partial charge is 0.496 e. The molecule has 0 bridgehead atoms. The van der Waals surface area contributed by atoms with E-state index in [0.717, 1.165) is 39.5 Å². The van der Waals surface area contributed by atoms with Crippen LogP contribution in [0.5, 0.6) is 17.2 Å². The maximum absolute atomic E-state index is 6.12. The zero-order chi connectivity index (χ0) is 24.4. The van der Waals surface area contributed by atoms with E-state index < -0.39 is 7.92 Å². The van der Waals surface area contributed by atoms with E-state index in [-0.39, 0.29) is 10.3 Å². The van der Waals surface area contributed by atoms with Crippen LogP contribution in [0.15, 0.2) is 60.7 Å². The molecule has 4 heteroatoms. The van der Waals surface area contributed by atoms with Crippen molar-refractivity contribution in [3.8, 4) is 39.5 Å². The van der Waals surface area contributed by atoms with Crippen LogP contribution in [0, 0.1) is 0 Å². The second-order valence-electron chi connectivity index (χ2n) is 10.1. The standard InChI is InChI=1S/C29H37O3P/c1-28(2,3)33(29(4,5)6)24-18-14-13-17-21(24)26-23(31-8)19-22(30-7)25(27(26)32-9)20-15-11-10-12-16-20/h10-19H,1-9H3. The molecule has 0 saturated heterocycles. The lowest BCUT2D eigenvalue weighted by molar-refractivity contribution is 0.380. The number of hydrogen-bond donors (Lipinski definition) is 0. The van der Waals surface area contributed by atoms with Crippen molar-refractivity contribution in [2.24, 2.45) is 0 Å². The predicted molar refractivity (Wildman–Crippen MR) is 143 cm³/mol. The van der Waals surface area contributed by atoms with Gasteiger partial charge in [0.25, 0.3) is 0 Å². The van der Waals surface area contributed by atoms with Gasteiger partial charge in [-0.25, -0.2) is 0 Å². The van der Waals surface area contributed by atoms with Crippen LogP contribution in [0.2, 0.25) is 0 Å². The third-order valence-electron chi connectivity index (χ3n) is 5.67. The van der Waals surface area contributed by atoms with Crippen LogP contribution in [0.3, 0.4) is 0 Å². The van der Waals surface area contributed by atoms with Crippen molar-refractivity contribution in [2.45, 2.75) is 51.9 Å². The molecule has 0 spiro atoms. The molecule has 0 aromatic heterocycles. The van der Waals surface area contributed by atoms with Crippen LogP contribution in [0.25, 0.3) is 22.3 Å². The van der Waals surface area contributed by atoms with Gasteiger partial charge in [-0.15, -0.1) is 0 Å².